The molecule has 1 saturated heterocycles. The molecule has 3 fully saturated rings. The number of carbonyl (C=O) groups is 1. The van der Waals surface area contributed by atoms with E-state index in [0.29, 0.717) is 11.3 Å². The van der Waals surface area contributed by atoms with Gasteiger partial charge in [0.05, 0.1) is 0 Å². The van der Waals surface area contributed by atoms with Gasteiger partial charge in [-0.05, 0) is 55.4 Å². The molecule has 0 aromatic rings. The third-order valence-electron chi connectivity index (χ3n) is 7.82. The van der Waals surface area contributed by atoms with E-state index >= 15 is 0 Å². The highest BCUT2D eigenvalue weighted by atomic mass is 16.6. The van der Waals surface area contributed by atoms with Crippen molar-refractivity contribution in [2.75, 3.05) is 0 Å². The molecular formula is C20H26O3. The second-order valence-corrected chi connectivity index (χ2v) is 9.33. The van der Waals surface area contributed by atoms with Crippen LogP contribution in [0.1, 0.15) is 59.8 Å². The van der Waals surface area contributed by atoms with E-state index in [9.17, 15) is 4.79 Å². The van der Waals surface area contributed by atoms with E-state index in [2.05, 4.69) is 26.8 Å². The van der Waals surface area contributed by atoms with Gasteiger partial charge in [-0.2, -0.15) is 0 Å². The van der Waals surface area contributed by atoms with Crippen molar-refractivity contribution in [3.63, 3.8) is 0 Å². The standard InChI is InChI=1S/C20H26O3/c1-11-15-12(22-17(11)21)10-14-19(4)8-5-7-18(2,3)13(19)6-9-20(14)16(15)23-20/h10,13-14,16H,5-9H2,1-4H3/t13-,14+,16?,19-,20+/m1/s1. The molecule has 124 valence electrons. The number of fused-ring (bicyclic) bond motifs is 4. The summed E-state index contributed by atoms with van der Waals surface area (Å²) in [4.78, 5) is 12.0. The molecule has 5 aliphatic rings. The molecule has 5 rings (SSSR count). The molecule has 1 unspecified atom stereocenters. The fraction of sp³-hybridized carbons (Fsp3) is 0.750. The number of carbonyl (C=O) groups excluding carboxylic acids is 1. The lowest BCUT2D eigenvalue weighted by Crippen LogP contribution is -2.55. The Hall–Kier alpha value is -1.09. The lowest BCUT2D eigenvalue weighted by atomic mass is 9.45. The third kappa shape index (κ3) is 1.53. The summed E-state index contributed by atoms with van der Waals surface area (Å²) in [5.74, 6) is 1.74. The molecule has 2 aliphatic heterocycles. The van der Waals surface area contributed by atoms with Crippen LogP contribution in [-0.4, -0.2) is 17.7 Å². The zero-order valence-electron chi connectivity index (χ0n) is 14.6. The molecule has 2 heterocycles. The van der Waals surface area contributed by atoms with Gasteiger partial charge < -0.3 is 9.47 Å². The molecule has 3 nitrogen and oxygen atoms in total. The fourth-order valence-electron chi connectivity index (χ4n) is 6.72. The highest BCUT2D eigenvalue weighted by Gasteiger charge is 2.73. The predicted octanol–water partition coefficient (Wildman–Crippen LogP) is 4.14. The van der Waals surface area contributed by atoms with E-state index in [1.165, 1.54) is 25.7 Å². The molecule has 0 bridgehead atoms. The Kier molecular flexibility index (Phi) is 2.44. The van der Waals surface area contributed by atoms with Crippen molar-refractivity contribution in [3.05, 3.63) is 23.0 Å². The quantitative estimate of drug-likeness (QED) is 0.498. The van der Waals surface area contributed by atoms with Gasteiger partial charge in [-0.1, -0.05) is 27.2 Å². The van der Waals surface area contributed by atoms with E-state index in [1.807, 2.05) is 6.92 Å². The van der Waals surface area contributed by atoms with Gasteiger partial charge in [-0.3, -0.25) is 0 Å². The summed E-state index contributed by atoms with van der Waals surface area (Å²) < 4.78 is 11.9. The smallest absolute Gasteiger partial charge is 0.339 e. The minimum atomic E-state index is -0.179. The van der Waals surface area contributed by atoms with Crippen molar-refractivity contribution in [2.24, 2.45) is 22.7 Å². The van der Waals surface area contributed by atoms with Crippen LogP contribution in [0.3, 0.4) is 0 Å². The van der Waals surface area contributed by atoms with Crippen molar-refractivity contribution in [2.45, 2.75) is 71.5 Å². The second kappa shape index (κ2) is 3.93. The highest BCUT2D eigenvalue weighted by molar-refractivity contribution is 5.94. The molecule has 0 aromatic heterocycles. The number of rotatable bonds is 0. The predicted molar refractivity (Wildman–Crippen MR) is 86.4 cm³/mol. The summed E-state index contributed by atoms with van der Waals surface area (Å²) in [6.07, 6.45) is 8.62. The number of ether oxygens (including phenoxy) is 2. The van der Waals surface area contributed by atoms with Gasteiger partial charge in [0, 0.05) is 17.1 Å². The molecule has 0 radical (unpaired) electrons. The van der Waals surface area contributed by atoms with Crippen LogP contribution in [0.4, 0.5) is 0 Å². The van der Waals surface area contributed by atoms with Gasteiger partial charge in [-0.25, -0.2) is 4.79 Å². The third-order valence-corrected chi connectivity index (χ3v) is 7.82. The Morgan fingerprint density at radius 3 is 2.74 bits per heavy atom. The first-order chi connectivity index (χ1) is 10.8. The summed E-state index contributed by atoms with van der Waals surface area (Å²) in [7, 11) is 0. The van der Waals surface area contributed by atoms with Gasteiger partial charge in [0.1, 0.15) is 17.5 Å². The van der Waals surface area contributed by atoms with Gasteiger partial charge in [-0.15, -0.1) is 0 Å². The molecule has 0 aromatic carbocycles. The molecule has 0 amide bonds. The molecule has 23 heavy (non-hydrogen) atoms. The lowest BCUT2D eigenvalue weighted by molar-refractivity contribution is -0.133. The Morgan fingerprint density at radius 1 is 1.17 bits per heavy atom. The summed E-state index contributed by atoms with van der Waals surface area (Å²) in [5, 5.41) is 0. The molecule has 3 aliphatic carbocycles. The molecule has 0 N–H and O–H groups in total. The van der Waals surface area contributed by atoms with E-state index in [0.717, 1.165) is 29.2 Å². The largest absolute Gasteiger partial charge is 0.423 e. The van der Waals surface area contributed by atoms with Crippen LogP contribution in [0.25, 0.3) is 0 Å². The van der Waals surface area contributed by atoms with Gasteiger partial charge >= 0.3 is 5.97 Å². The minimum absolute atomic E-state index is 0.0489. The van der Waals surface area contributed by atoms with E-state index in [1.54, 1.807) is 0 Å². The first-order valence-electron chi connectivity index (χ1n) is 9.13. The number of epoxide rings is 1. The number of esters is 1. The Bertz CT molecular complexity index is 685. The SMILES string of the molecule is CC1=C2C(=C[C@H]3[C@]4(C)CCCC(C)(C)[C@H]4CC[C@]34OC24)OC1=O. The maximum absolute atomic E-state index is 12.0. The van der Waals surface area contributed by atoms with Crippen LogP contribution in [0.2, 0.25) is 0 Å². The summed E-state index contributed by atoms with van der Waals surface area (Å²) in [6.45, 7) is 9.24. The van der Waals surface area contributed by atoms with E-state index in [-0.39, 0.29) is 23.1 Å². The lowest BCUT2D eigenvalue weighted by Gasteiger charge is -2.59. The average Bonchev–Trinajstić information content (AvgIpc) is 3.11. The zero-order chi connectivity index (χ0) is 16.2. The summed E-state index contributed by atoms with van der Waals surface area (Å²) >= 11 is 0. The monoisotopic (exact) mass is 314 g/mol. The van der Waals surface area contributed by atoms with Crippen molar-refractivity contribution < 1.29 is 14.3 Å². The zero-order valence-corrected chi connectivity index (χ0v) is 14.6. The van der Waals surface area contributed by atoms with Crippen molar-refractivity contribution >= 4 is 5.97 Å². The first kappa shape index (κ1) is 14.3. The van der Waals surface area contributed by atoms with Crippen LogP contribution in [-0.2, 0) is 14.3 Å². The van der Waals surface area contributed by atoms with Crippen LogP contribution < -0.4 is 0 Å². The number of hydrogen-bond acceptors (Lipinski definition) is 3. The van der Waals surface area contributed by atoms with Crippen molar-refractivity contribution in [1.82, 2.24) is 0 Å². The Labute approximate surface area is 138 Å². The van der Waals surface area contributed by atoms with E-state index in [4.69, 9.17) is 9.47 Å². The molecule has 1 spiro atoms. The second-order valence-electron chi connectivity index (χ2n) is 9.33. The Balaban J connectivity index is 1.64. The molecule has 5 atom stereocenters. The molecular weight excluding hydrogens is 288 g/mol. The topological polar surface area (TPSA) is 38.8 Å². The van der Waals surface area contributed by atoms with Crippen LogP contribution >= 0.6 is 0 Å². The normalized spacial score (nSPS) is 49.5. The maximum Gasteiger partial charge on any atom is 0.339 e. The first-order valence-corrected chi connectivity index (χ1v) is 9.13. The number of hydrogen-bond donors (Lipinski definition) is 0. The average molecular weight is 314 g/mol. The summed E-state index contributed by atoms with van der Waals surface area (Å²) in [6, 6.07) is 0. The van der Waals surface area contributed by atoms with Crippen LogP contribution in [0.15, 0.2) is 23.0 Å². The highest BCUT2D eigenvalue weighted by Crippen LogP contribution is 2.71. The fourth-order valence-corrected chi connectivity index (χ4v) is 6.72. The Morgan fingerprint density at radius 2 is 1.96 bits per heavy atom. The van der Waals surface area contributed by atoms with Gasteiger partial charge in [0.25, 0.3) is 0 Å². The van der Waals surface area contributed by atoms with Crippen molar-refractivity contribution in [1.29, 1.82) is 0 Å². The minimum Gasteiger partial charge on any atom is -0.423 e. The van der Waals surface area contributed by atoms with Crippen LogP contribution in [0, 0.1) is 22.7 Å². The van der Waals surface area contributed by atoms with Gasteiger partial charge in [0.15, 0.2) is 0 Å². The molecule has 2 saturated carbocycles. The van der Waals surface area contributed by atoms with Crippen LogP contribution in [0.5, 0.6) is 0 Å². The van der Waals surface area contributed by atoms with Gasteiger partial charge in [0.2, 0.25) is 0 Å². The van der Waals surface area contributed by atoms with E-state index < -0.39 is 0 Å². The maximum atomic E-state index is 12.0. The molecule has 3 heteroatoms. The summed E-state index contributed by atoms with van der Waals surface area (Å²) in [5.41, 5.74) is 2.41. The van der Waals surface area contributed by atoms with Crippen molar-refractivity contribution in [3.8, 4) is 0 Å².